The number of hydrogen-bond acceptors (Lipinski definition) is 2. The van der Waals surface area contributed by atoms with Gasteiger partial charge in [-0.05, 0) is 30.5 Å². The van der Waals surface area contributed by atoms with Crippen LogP contribution in [0.5, 0.6) is 0 Å². The maximum Gasteiger partial charge on any atom is 0.416 e. The van der Waals surface area contributed by atoms with E-state index in [-0.39, 0.29) is 5.78 Å². The molecule has 5 heteroatoms. The highest BCUT2D eigenvalue weighted by Gasteiger charge is 2.39. The van der Waals surface area contributed by atoms with E-state index in [1.165, 1.54) is 12.1 Å². The minimum absolute atomic E-state index is 0.195. The van der Waals surface area contributed by atoms with Crippen LogP contribution in [-0.2, 0) is 17.4 Å². The standard InChI is InChI=1S/C16H17F3OS/c1-2-8-15(11-21-9-7-14(15)20)10-12-3-5-13(6-4-12)16(17,18)19/h2-6H,1,7-11H2/t15-/m1/s1. The van der Waals surface area contributed by atoms with Gasteiger partial charge in [-0.15, -0.1) is 6.58 Å². The largest absolute Gasteiger partial charge is 0.416 e. The average Bonchev–Trinajstić information content (AvgIpc) is 2.42. The van der Waals surface area contributed by atoms with Crippen LogP contribution < -0.4 is 0 Å². The lowest BCUT2D eigenvalue weighted by molar-refractivity contribution is -0.137. The molecule has 0 aromatic heterocycles. The second-order valence-electron chi connectivity index (χ2n) is 5.37. The van der Waals surface area contributed by atoms with E-state index in [1.54, 1.807) is 17.8 Å². The number of alkyl halides is 3. The third-order valence-electron chi connectivity index (χ3n) is 3.80. The molecule has 1 fully saturated rings. The number of allylic oxidation sites excluding steroid dienone is 1. The first kappa shape index (κ1) is 16.1. The molecule has 1 aliphatic heterocycles. The lowest BCUT2D eigenvalue weighted by Gasteiger charge is -2.34. The molecule has 1 aliphatic rings. The summed E-state index contributed by atoms with van der Waals surface area (Å²) in [5, 5.41) is 0. The summed E-state index contributed by atoms with van der Waals surface area (Å²) in [6, 6.07) is 5.11. The zero-order valence-corrected chi connectivity index (χ0v) is 12.4. The number of thioether (sulfide) groups is 1. The Kier molecular flexibility index (Phi) is 4.81. The van der Waals surface area contributed by atoms with Crippen LogP contribution in [0.2, 0.25) is 0 Å². The number of hydrogen-bond donors (Lipinski definition) is 0. The van der Waals surface area contributed by atoms with Gasteiger partial charge in [0.15, 0.2) is 0 Å². The van der Waals surface area contributed by atoms with Crippen LogP contribution in [0.25, 0.3) is 0 Å². The highest BCUT2D eigenvalue weighted by Crippen LogP contribution is 2.38. The molecule has 2 rings (SSSR count). The second kappa shape index (κ2) is 6.26. The minimum atomic E-state index is -4.33. The zero-order valence-electron chi connectivity index (χ0n) is 11.6. The molecular weight excluding hydrogens is 297 g/mol. The quantitative estimate of drug-likeness (QED) is 0.760. The zero-order chi connectivity index (χ0) is 15.5. The third kappa shape index (κ3) is 3.70. The summed E-state index contributed by atoms with van der Waals surface area (Å²) in [6.07, 6.45) is -1.02. The fourth-order valence-corrected chi connectivity index (χ4v) is 3.90. The molecule has 1 aromatic rings. The summed E-state index contributed by atoms with van der Waals surface area (Å²) in [6.45, 7) is 3.71. The van der Waals surface area contributed by atoms with Gasteiger partial charge in [0.05, 0.1) is 5.56 Å². The maximum absolute atomic E-state index is 12.6. The van der Waals surface area contributed by atoms with Crippen molar-refractivity contribution in [2.24, 2.45) is 5.41 Å². The molecule has 1 saturated heterocycles. The second-order valence-corrected chi connectivity index (χ2v) is 6.48. The van der Waals surface area contributed by atoms with Crippen molar-refractivity contribution in [3.05, 3.63) is 48.0 Å². The number of carbonyl (C=O) groups excluding carboxylic acids is 1. The van der Waals surface area contributed by atoms with Crippen LogP contribution in [0, 0.1) is 5.41 Å². The van der Waals surface area contributed by atoms with Crippen molar-refractivity contribution in [1.29, 1.82) is 0 Å². The topological polar surface area (TPSA) is 17.1 Å². The van der Waals surface area contributed by atoms with E-state index in [2.05, 4.69) is 6.58 Å². The van der Waals surface area contributed by atoms with Gasteiger partial charge in [-0.25, -0.2) is 0 Å². The van der Waals surface area contributed by atoms with Crippen molar-refractivity contribution >= 4 is 17.5 Å². The number of rotatable bonds is 4. The lowest BCUT2D eigenvalue weighted by Crippen LogP contribution is -2.39. The van der Waals surface area contributed by atoms with Crippen LogP contribution in [-0.4, -0.2) is 17.3 Å². The molecule has 1 nitrogen and oxygen atoms in total. The number of benzene rings is 1. The van der Waals surface area contributed by atoms with Crippen molar-refractivity contribution < 1.29 is 18.0 Å². The third-order valence-corrected chi connectivity index (χ3v) is 5.05. The SMILES string of the molecule is C=CC[C@@]1(Cc2ccc(C(F)(F)F)cc2)CSCCC1=O. The van der Waals surface area contributed by atoms with E-state index >= 15 is 0 Å². The molecule has 1 atom stereocenters. The highest BCUT2D eigenvalue weighted by molar-refractivity contribution is 7.99. The normalized spacial score (nSPS) is 23.1. The Balaban J connectivity index is 2.21. The number of Topliss-reactive ketones (excluding diaryl/α,β-unsaturated/α-hetero) is 1. The highest BCUT2D eigenvalue weighted by atomic mass is 32.2. The van der Waals surface area contributed by atoms with Gasteiger partial charge in [0, 0.05) is 23.3 Å². The van der Waals surface area contributed by atoms with Crippen molar-refractivity contribution in [1.82, 2.24) is 0 Å². The lowest BCUT2D eigenvalue weighted by atomic mass is 9.75. The van der Waals surface area contributed by atoms with Gasteiger partial charge in [-0.3, -0.25) is 4.79 Å². The van der Waals surface area contributed by atoms with Gasteiger partial charge < -0.3 is 0 Å². The number of ketones is 1. The molecule has 1 heterocycles. The molecule has 0 aliphatic carbocycles. The first-order chi connectivity index (χ1) is 9.87. The van der Waals surface area contributed by atoms with Gasteiger partial charge in [-0.1, -0.05) is 18.2 Å². The summed E-state index contributed by atoms with van der Waals surface area (Å²) >= 11 is 1.72. The monoisotopic (exact) mass is 314 g/mol. The van der Waals surface area contributed by atoms with Gasteiger partial charge in [0.2, 0.25) is 0 Å². The summed E-state index contributed by atoms with van der Waals surface area (Å²) in [4.78, 5) is 12.3. The maximum atomic E-state index is 12.6. The van der Waals surface area contributed by atoms with Gasteiger partial charge in [0.25, 0.3) is 0 Å². The molecule has 0 N–H and O–H groups in total. The molecular formula is C16H17F3OS. The molecule has 0 amide bonds. The predicted molar refractivity (Wildman–Crippen MR) is 79.3 cm³/mol. The Morgan fingerprint density at radius 1 is 1.29 bits per heavy atom. The molecule has 21 heavy (non-hydrogen) atoms. The molecule has 0 bridgehead atoms. The number of carbonyl (C=O) groups is 1. The summed E-state index contributed by atoms with van der Waals surface area (Å²) in [5.41, 5.74) is -0.404. The van der Waals surface area contributed by atoms with E-state index in [0.717, 1.165) is 23.4 Å². The van der Waals surface area contributed by atoms with Crippen LogP contribution in [0.4, 0.5) is 13.2 Å². The van der Waals surface area contributed by atoms with E-state index < -0.39 is 17.2 Å². The first-order valence-corrected chi connectivity index (χ1v) is 7.91. The van der Waals surface area contributed by atoms with Crippen LogP contribution in [0.15, 0.2) is 36.9 Å². The molecule has 0 unspecified atom stereocenters. The van der Waals surface area contributed by atoms with E-state index in [4.69, 9.17) is 0 Å². The van der Waals surface area contributed by atoms with E-state index in [9.17, 15) is 18.0 Å². The Morgan fingerprint density at radius 3 is 2.48 bits per heavy atom. The molecule has 1 aromatic carbocycles. The van der Waals surface area contributed by atoms with Gasteiger partial charge in [0.1, 0.15) is 5.78 Å². The van der Waals surface area contributed by atoms with Crippen molar-refractivity contribution in [2.45, 2.75) is 25.4 Å². The molecule has 0 saturated carbocycles. The van der Waals surface area contributed by atoms with Crippen LogP contribution in [0.1, 0.15) is 24.0 Å². The summed E-state index contributed by atoms with van der Waals surface area (Å²) in [7, 11) is 0. The Bertz CT molecular complexity index is 521. The first-order valence-electron chi connectivity index (χ1n) is 6.75. The van der Waals surface area contributed by atoms with Crippen molar-refractivity contribution in [3.8, 4) is 0 Å². The predicted octanol–water partition coefficient (Wildman–Crippen LogP) is 4.52. The number of halogens is 3. The fourth-order valence-electron chi connectivity index (χ4n) is 2.65. The van der Waals surface area contributed by atoms with Gasteiger partial charge >= 0.3 is 6.18 Å². The molecule has 0 spiro atoms. The summed E-state index contributed by atoms with van der Waals surface area (Å²) < 4.78 is 37.7. The summed E-state index contributed by atoms with van der Waals surface area (Å²) in [5.74, 6) is 1.73. The van der Waals surface area contributed by atoms with Crippen LogP contribution in [0.3, 0.4) is 0 Å². The van der Waals surface area contributed by atoms with Crippen LogP contribution >= 0.6 is 11.8 Å². The van der Waals surface area contributed by atoms with Crippen molar-refractivity contribution in [2.75, 3.05) is 11.5 Å². The Labute approximate surface area is 126 Å². The Hall–Kier alpha value is -1.23. The van der Waals surface area contributed by atoms with E-state index in [0.29, 0.717) is 25.0 Å². The minimum Gasteiger partial charge on any atom is -0.299 e. The van der Waals surface area contributed by atoms with E-state index in [1.807, 2.05) is 0 Å². The van der Waals surface area contributed by atoms with Crippen molar-refractivity contribution in [3.63, 3.8) is 0 Å². The molecule has 0 radical (unpaired) electrons. The smallest absolute Gasteiger partial charge is 0.299 e. The fraction of sp³-hybridized carbons (Fsp3) is 0.438. The molecule has 114 valence electrons. The average molecular weight is 314 g/mol. The van der Waals surface area contributed by atoms with Gasteiger partial charge in [-0.2, -0.15) is 24.9 Å². The Morgan fingerprint density at radius 2 is 1.95 bits per heavy atom.